The zero-order chi connectivity index (χ0) is 12.7. The van der Waals surface area contributed by atoms with E-state index in [-0.39, 0.29) is 0 Å². The third-order valence-corrected chi connectivity index (χ3v) is 5.57. The van der Waals surface area contributed by atoms with E-state index in [2.05, 4.69) is 44.1 Å². The SMILES string of the molecule is CSC1(CNC(C)CCC(C)C)CCCCC1. The summed E-state index contributed by atoms with van der Waals surface area (Å²) in [5.74, 6) is 0.837. The molecular formula is C15H31NS. The van der Waals surface area contributed by atoms with Gasteiger partial charge in [0, 0.05) is 17.3 Å². The van der Waals surface area contributed by atoms with Crippen LogP contribution >= 0.6 is 11.8 Å². The van der Waals surface area contributed by atoms with Crippen molar-refractivity contribution in [3.05, 3.63) is 0 Å². The van der Waals surface area contributed by atoms with Gasteiger partial charge in [0.15, 0.2) is 0 Å². The van der Waals surface area contributed by atoms with E-state index in [0.29, 0.717) is 10.8 Å². The Balaban J connectivity index is 2.26. The van der Waals surface area contributed by atoms with Crippen LogP contribution in [-0.2, 0) is 0 Å². The summed E-state index contributed by atoms with van der Waals surface area (Å²) in [7, 11) is 0. The van der Waals surface area contributed by atoms with Crippen LogP contribution in [0.1, 0.15) is 65.7 Å². The molecule has 0 aliphatic heterocycles. The van der Waals surface area contributed by atoms with Crippen LogP contribution in [-0.4, -0.2) is 23.6 Å². The Bertz CT molecular complexity index is 197. The number of rotatable bonds is 7. The minimum atomic E-state index is 0.546. The van der Waals surface area contributed by atoms with E-state index in [9.17, 15) is 0 Å². The molecule has 1 aliphatic carbocycles. The molecule has 102 valence electrons. The van der Waals surface area contributed by atoms with Crippen LogP contribution in [0.15, 0.2) is 0 Å². The topological polar surface area (TPSA) is 12.0 Å². The average Bonchev–Trinajstić information content (AvgIpc) is 2.35. The molecule has 1 nitrogen and oxygen atoms in total. The molecule has 1 N–H and O–H groups in total. The van der Waals surface area contributed by atoms with E-state index in [0.717, 1.165) is 5.92 Å². The van der Waals surface area contributed by atoms with Crippen molar-refractivity contribution in [3.63, 3.8) is 0 Å². The van der Waals surface area contributed by atoms with Gasteiger partial charge in [-0.05, 0) is 44.8 Å². The van der Waals surface area contributed by atoms with Crippen molar-refractivity contribution >= 4 is 11.8 Å². The molecule has 0 saturated heterocycles. The minimum absolute atomic E-state index is 0.546. The first-order chi connectivity index (χ1) is 8.08. The summed E-state index contributed by atoms with van der Waals surface area (Å²) in [5.41, 5.74) is 0. The predicted octanol–water partition coefficient (Wildman–Crippen LogP) is 4.47. The number of nitrogens with one attached hydrogen (secondary N) is 1. The van der Waals surface area contributed by atoms with Crippen molar-refractivity contribution in [2.24, 2.45) is 5.92 Å². The molecule has 0 amide bonds. The Morgan fingerprint density at radius 3 is 2.24 bits per heavy atom. The van der Waals surface area contributed by atoms with Gasteiger partial charge in [-0.3, -0.25) is 0 Å². The Morgan fingerprint density at radius 2 is 1.71 bits per heavy atom. The lowest BCUT2D eigenvalue weighted by Crippen LogP contribution is -2.42. The maximum Gasteiger partial charge on any atom is 0.0281 e. The maximum absolute atomic E-state index is 3.78. The molecule has 1 atom stereocenters. The van der Waals surface area contributed by atoms with E-state index < -0.39 is 0 Å². The van der Waals surface area contributed by atoms with Gasteiger partial charge in [-0.2, -0.15) is 11.8 Å². The van der Waals surface area contributed by atoms with Crippen LogP contribution in [0.3, 0.4) is 0 Å². The summed E-state index contributed by atoms with van der Waals surface area (Å²) >= 11 is 2.10. The van der Waals surface area contributed by atoms with E-state index in [4.69, 9.17) is 0 Å². The Kier molecular flexibility index (Phi) is 6.94. The molecule has 0 aromatic rings. The zero-order valence-electron chi connectivity index (χ0n) is 12.2. The van der Waals surface area contributed by atoms with E-state index >= 15 is 0 Å². The molecule has 0 radical (unpaired) electrons. The molecule has 1 saturated carbocycles. The van der Waals surface area contributed by atoms with Crippen LogP contribution in [0.25, 0.3) is 0 Å². The molecule has 1 rings (SSSR count). The van der Waals surface area contributed by atoms with Gasteiger partial charge < -0.3 is 5.32 Å². The summed E-state index contributed by atoms with van der Waals surface area (Å²) in [5, 5.41) is 3.78. The lowest BCUT2D eigenvalue weighted by molar-refractivity contribution is 0.354. The Labute approximate surface area is 113 Å². The van der Waals surface area contributed by atoms with Gasteiger partial charge in [0.25, 0.3) is 0 Å². The number of hydrogen-bond donors (Lipinski definition) is 1. The smallest absolute Gasteiger partial charge is 0.0281 e. The fourth-order valence-electron chi connectivity index (χ4n) is 2.69. The minimum Gasteiger partial charge on any atom is -0.313 e. The molecule has 1 fully saturated rings. The second-order valence-corrected chi connectivity index (χ2v) is 7.48. The van der Waals surface area contributed by atoms with E-state index in [1.807, 2.05) is 0 Å². The van der Waals surface area contributed by atoms with E-state index in [1.54, 1.807) is 0 Å². The van der Waals surface area contributed by atoms with E-state index in [1.165, 1.54) is 51.5 Å². The average molecular weight is 257 g/mol. The van der Waals surface area contributed by atoms with Crippen LogP contribution in [0.2, 0.25) is 0 Å². The molecule has 2 heteroatoms. The largest absolute Gasteiger partial charge is 0.313 e. The molecule has 1 unspecified atom stereocenters. The van der Waals surface area contributed by atoms with Crippen molar-refractivity contribution in [2.45, 2.75) is 76.5 Å². The van der Waals surface area contributed by atoms with Crippen molar-refractivity contribution < 1.29 is 0 Å². The molecule has 0 aromatic carbocycles. The molecule has 17 heavy (non-hydrogen) atoms. The fourth-order valence-corrected chi connectivity index (χ4v) is 3.62. The maximum atomic E-state index is 3.78. The quantitative estimate of drug-likeness (QED) is 0.722. The molecule has 0 aromatic heterocycles. The van der Waals surface area contributed by atoms with Crippen molar-refractivity contribution in [1.82, 2.24) is 5.32 Å². The van der Waals surface area contributed by atoms with Crippen molar-refractivity contribution in [1.29, 1.82) is 0 Å². The van der Waals surface area contributed by atoms with Gasteiger partial charge in [-0.1, -0.05) is 33.1 Å². The van der Waals surface area contributed by atoms with Gasteiger partial charge >= 0.3 is 0 Å². The Morgan fingerprint density at radius 1 is 1.06 bits per heavy atom. The summed E-state index contributed by atoms with van der Waals surface area (Å²) in [4.78, 5) is 0. The second-order valence-electron chi connectivity index (χ2n) is 6.20. The lowest BCUT2D eigenvalue weighted by atomic mass is 9.88. The fraction of sp³-hybridized carbons (Fsp3) is 1.00. The highest BCUT2D eigenvalue weighted by molar-refractivity contribution is 8.00. The van der Waals surface area contributed by atoms with Crippen LogP contribution in [0.5, 0.6) is 0 Å². The van der Waals surface area contributed by atoms with Crippen LogP contribution in [0, 0.1) is 5.92 Å². The summed E-state index contributed by atoms with van der Waals surface area (Å²) in [6.07, 6.45) is 12.1. The molecule has 0 bridgehead atoms. The first kappa shape index (κ1) is 15.4. The lowest BCUT2D eigenvalue weighted by Gasteiger charge is -2.37. The van der Waals surface area contributed by atoms with Gasteiger partial charge in [-0.25, -0.2) is 0 Å². The van der Waals surface area contributed by atoms with Gasteiger partial charge in [-0.15, -0.1) is 0 Å². The summed E-state index contributed by atoms with van der Waals surface area (Å²) in [6.45, 7) is 8.20. The monoisotopic (exact) mass is 257 g/mol. The number of thioether (sulfide) groups is 1. The summed E-state index contributed by atoms with van der Waals surface area (Å²) < 4.78 is 0.546. The number of hydrogen-bond acceptors (Lipinski definition) is 2. The summed E-state index contributed by atoms with van der Waals surface area (Å²) in [6, 6.07) is 0.684. The normalized spacial score (nSPS) is 21.7. The molecule has 0 spiro atoms. The molecular weight excluding hydrogens is 226 g/mol. The van der Waals surface area contributed by atoms with Crippen LogP contribution < -0.4 is 5.32 Å². The predicted molar refractivity (Wildman–Crippen MR) is 80.9 cm³/mol. The first-order valence-electron chi connectivity index (χ1n) is 7.36. The van der Waals surface area contributed by atoms with Gasteiger partial charge in [0.2, 0.25) is 0 Å². The second kappa shape index (κ2) is 7.68. The molecule has 0 heterocycles. The molecule has 1 aliphatic rings. The van der Waals surface area contributed by atoms with Gasteiger partial charge in [0.1, 0.15) is 0 Å². The van der Waals surface area contributed by atoms with Gasteiger partial charge in [0.05, 0.1) is 0 Å². The highest BCUT2D eigenvalue weighted by Crippen LogP contribution is 2.38. The van der Waals surface area contributed by atoms with Crippen molar-refractivity contribution in [3.8, 4) is 0 Å². The third-order valence-electron chi connectivity index (χ3n) is 4.15. The third kappa shape index (κ3) is 5.65. The van der Waals surface area contributed by atoms with Crippen molar-refractivity contribution in [2.75, 3.05) is 12.8 Å². The zero-order valence-corrected chi connectivity index (χ0v) is 13.0. The standard InChI is InChI=1S/C15H31NS/c1-13(2)8-9-14(3)16-12-15(17-4)10-6-5-7-11-15/h13-14,16H,5-12H2,1-4H3. The highest BCUT2D eigenvalue weighted by Gasteiger charge is 2.30. The van der Waals surface area contributed by atoms with Crippen LogP contribution in [0.4, 0.5) is 0 Å². The Hall–Kier alpha value is 0.310. The highest BCUT2D eigenvalue weighted by atomic mass is 32.2. The first-order valence-corrected chi connectivity index (χ1v) is 8.59.